The Morgan fingerprint density at radius 1 is 1.09 bits per heavy atom. The van der Waals surface area contributed by atoms with E-state index < -0.39 is 12.7 Å². The predicted molar refractivity (Wildman–Crippen MR) is 76.1 cm³/mol. The van der Waals surface area contributed by atoms with Crippen molar-refractivity contribution in [2.75, 3.05) is 6.54 Å². The maximum Gasteiger partial charge on any atom is 0.387 e. The summed E-state index contributed by atoms with van der Waals surface area (Å²) in [7, 11) is 0. The molecule has 1 atom stereocenters. The molecule has 2 aromatic rings. The van der Waals surface area contributed by atoms with E-state index in [0.717, 1.165) is 5.56 Å². The zero-order valence-corrected chi connectivity index (χ0v) is 11.7. The smallest absolute Gasteiger partial charge is 0.387 e. The lowest BCUT2D eigenvalue weighted by Crippen LogP contribution is -2.21. The molecule has 2 aromatic carbocycles. The number of alkyl halides is 2. The van der Waals surface area contributed by atoms with Crippen molar-refractivity contribution in [3.05, 3.63) is 65.5 Å². The van der Waals surface area contributed by atoms with Crippen molar-refractivity contribution in [1.82, 2.24) is 5.32 Å². The van der Waals surface area contributed by atoms with Crippen molar-refractivity contribution in [3.63, 3.8) is 0 Å². The molecule has 0 spiro atoms. The number of aliphatic hydroxyl groups excluding tert-OH is 1. The van der Waals surface area contributed by atoms with E-state index in [1.807, 2.05) is 0 Å². The Labute approximate surface area is 126 Å². The summed E-state index contributed by atoms with van der Waals surface area (Å²) in [5, 5.41) is 13.1. The summed E-state index contributed by atoms with van der Waals surface area (Å²) < 4.78 is 41.3. The molecule has 2 rings (SSSR count). The van der Waals surface area contributed by atoms with Crippen molar-refractivity contribution in [3.8, 4) is 5.75 Å². The number of hydrogen-bond acceptors (Lipinski definition) is 3. The summed E-state index contributed by atoms with van der Waals surface area (Å²) in [5.41, 5.74) is 1.35. The molecule has 0 heterocycles. The van der Waals surface area contributed by atoms with Gasteiger partial charge in [0.25, 0.3) is 0 Å². The highest BCUT2D eigenvalue weighted by Gasteiger charge is 2.10. The third-order valence-electron chi connectivity index (χ3n) is 3.05. The van der Waals surface area contributed by atoms with Crippen molar-refractivity contribution in [1.29, 1.82) is 0 Å². The molecule has 0 amide bonds. The first-order valence-corrected chi connectivity index (χ1v) is 6.72. The van der Waals surface area contributed by atoms with Gasteiger partial charge in [-0.2, -0.15) is 8.78 Å². The van der Waals surface area contributed by atoms with Gasteiger partial charge in [0, 0.05) is 13.1 Å². The van der Waals surface area contributed by atoms with Crippen LogP contribution in [0.25, 0.3) is 0 Å². The zero-order valence-electron chi connectivity index (χ0n) is 11.7. The number of halogens is 3. The molecule has 2 N–H and O–H groups in total. The van der Waals surface area contributed by atoms with Crippen molar-refractivity contribution < 1.29 is 23.0 Å². The fraction of sp³-hybridized carbons (Fsp3) is 0.250. The van der Waals surface area contributed by atoms with E-state index >= 15 is 0 Å². The van der Waals surface area contributed by atoms with E-state index in [0.29, 0.717) is 12.1 Å². The maximum absolute atomic E-state index is 12.8. The van der Waals surface area contributed by atoms with Gasteiger partial charge in [-0.25, -0.2) is 4.39 Å². The highest BCUT2D eigenvalue weighted by molar-refractivity contribution is 5.30. The molecule has 0 aliphatic rings. The fourth-order valence-corrected chi connectivity index (χ4v) is 1.97. The summed E-state index contributed by atoms with van der Waals surface area (Å²) in [6, 6.07) is 11.9. The molecule has 0 saturated carbocycles. The van der Waals surface area contributed by atoms with Gasteiger partial charge in [-0.05, 0) is 35.4 Å². The SMILES string of the molecule is OC(CNCc1ccc(F)cc1)c1cccc(OC(F)F)c1. The minimum Gasteiger partial charge on any atom is -0.435 e. The van der Waals surface area contributed by atoms with Gasteiger partial charge in [0.15, 0.2) is 0 Å². The monoisotopic (exact) mass is 311 g/mol. The Hall–Kier alpha value is -2.05. The molecule has 6 heteroatoms. The molecule has 1 unspecified atom stereocenters. The summed E-state index contributed by atoms with van der Waals surface area (Å²) in [6.07, 6.45) is -0.860. The van der Waals surface area contributed by atoms with Gasteiger partial charge in [-0.15, -0.1) is 0 Å². The van der Waals surface area contributed by atoms with Crippen molar-refractivity contribution in [2.45, 2.75) is 19.3 Å². The summed E-state index contributed by atoms with van der Waals surface area (Å²) in [6.45, 7) is -2.20. The largest absolute Gasteiger partial charge is 0.435 e. The van der Waals surface area contributed by atoms with Crippen LogP contribution < -0.4 is 10.1 Å². The molecular weight excluding hydrogens is 295 g/mol. The second-order valence-corrected chi connectivity index (χ2v) is 4.72. The molecule has 3 nitrogen and oxygen atoms in total. The molecule has 0 aliphatic carbocycles. The average molecular weight is 311 g/mol. The molecule has 0 aromatic heterocycles. The molecule has 118 valence electrons. The molecule has 0 fully saturated rings. The first-order chi connectivity index (χ1) is 10.5. The number of rotatable bonds is 7. The lowest BCUT2D eigenvalue weighted by atomic mass is 10.1. The maximum atomic E-state index is 12.8. The number of ether oxygens (including phenoxy) is 1. The van der Waals surface area contributed by atoms with Crippen LogP contribution in [0.1, 0.15) is 17.2 Å². The minimum atomic E-state index is -2.90. The Morgan fingerprint density at radius 3 is 2.50 bits per heavy atom. The first kappa shape index (κ1) is 16.3. The second kappa shape index (κ2) is 7.82. The Bertz CT molecular complexity index is 590. The number of benzene rings is 2. The predicted octanol–water partition coefficient (Wildman–Crippen LogP) is 3.25. The third-order valence-corrected chi connectivity index (χ3v) is 3.05. The highest BCUT2D eigenvalue weighted by atomic mass is 19.3. The lowest BCUT2D eigenvalue weighted by Gasteiger charge is -2.14. The fourth-order valence-electron chi connectivity index (χ4n) is 1.97. The van der Waals surface area contributed by atoms with Crippen molar-refractivity contribution in [2.24, 2.45) is 0 Å². The second-order valence-electron chi connectivity index (χ2n) is 4.72. The van der Waals surface area contributed by atoms with Gasteiger partial charge in [0.05, 0.1) is 6.10 Å². The van der Waals surface area contributed by atoms with Crippen LogP contribution in [-0.2, 0) is 6.54 Å². The van der Waals surface area contributed by atoms with E-state index in [2.05, 4.69) is 10.1 Å². The van der Waals surface area contributed by atoms with Crippen LogP contribution in [0.2, 0.25) is 0 Å². The van der Waals surface area contributed by atoms with Crippen LogP contribution in [0, 0.1) is 5.82 Å². The molecule has 22 heavy (non-hydrogen) atoms. The van der Waals surface area contributed by atoms with Gasteiger partial charge in [-0.1, -0.05) is 24.3 Å². The van der Waals surface area contributed by atoms with Crippen LogP contribution in [0.5, 0.6) is 5.75 Å². The van der Waals surface area contributed by atoms with Crippen LogP contribution in [0.15, 0.2) is 48.5 Å². The van der Waals surface area contributed by atoms with E-state index in [1.165, 1.54) is 30.3 Å². The molecule has 0 radical (unpaired) electrons. The molecule has 0 aliphatic heterocycles. The third kappa shape index (κ3) is 5.05. The molecular formula is C16H16F3NO2. The van der Waals surface area contributed by atoms with E-state index in [4.69, 9.17) is 0 Å². The van der Waals surface area contributed by atoms with Gasteiger partial charge < -0.3 is 15.2 Å². The topological polar surface area (TPSA) is 41.5 Å². The van der Waals surface area contributed by atoms with Gasteiger partial charge in [0.2, 0.25) is 0 Å². The quantitative estimate of drug-likeness (QED) is 0.825. The normalized spacial score (nSPS) is 12.4. The standard InChI is InChI=1S/C16H16F3NO2/c17-13-6-4-11(5-7-13)9-20-10-15(21)12-2-1-3-14(8-12)22-16(18)19/h1-8,15-16,20-21H,9-10H2. The van der Waals surface area contributed by atoms with Crippen LogP contribution in [-0.4, -0.2) is 18.3 Å². The van der Waals surface area contributed by atoms with E-state index in [1.54, 1.807) is 18.2 Å². The van der Waals surface area contributed by atoms with Gasteiger partial charge >= 0.3 is 6.61 Å². The number of aliphatic hydroxyl groups is 1. The Balaban J connectivity index is 1.86. The highest BCUT2D eigenvalue weighted by Crippen LogP contribution is 2.20. The van der Waals surface area contributed by atoms with Gasteiger partial charge in [0.1, 0.15) is 11.6 Å². The molecule has 0 bridgehead atoms. The van der Waals surface area contributed by atoms with Crippen LogP contribution >= 0.6 is 0 Å². The molecule has 0 saturated heterocycles. The van der Waals surface area contributed by atoms with Gasteiger partial charge in [-0.3, -0.25) is 0 Å². The zero-order chi connectivity index (χ0) is 15.9. The number of hydrogen-bond donors (Lipinski definition) is 2. The number of nitrogens with one attached hydrogen (secondary N) is 1. The van der Waals surface area contributed by atoms with E-state index in [9.17, 15) is 18.3 Å². The van der Waals surface area contributed by atoms with Crippen molar-refractivity contribution >= 4 is 0 Å². The first-order valence-electron chi connectivity index (χ1n) is 6.72. The van der Waals surface area contributed by atoms with E-state index in [-0.39, 0.29) is 18.1 Å². The Morgan fingerprint density at radius 2 is 1.82 bits per heavy atom. The summed E-state index contributed by atoms with van der Waals surface area (Å²) in [4.78, 5) is 0. The lowest BCUT2D eigenvalue weighted by molar-refractivity contribution is -0.0499. The van der Waals surface area contributed by atoms with Crippen LogP contribution in [0.3, 0.4) is 0 Å². The minimum absolute atomic E-state index is 0.00471. The average Bonchev–Trinajstić information content (AvgIpc) is 2.49. The Kier molecular flexibility index (Phi) is 5.80. The summed E-state index contributed by atoms with van der Waals surface area (Å²) >= 11 is 0. The van der Waals surface area contributed by atoms with Crippen LogP contribution in [0.4, 0.5) is 13.2 Å². The summed E-state index contributed by atoms with van der Waals surface area (Å²) in [5.74, 6) is -0.301.